The molecule has 1 fully saturated rings. The number of hydrogen-bond acceptors (Lipinski definition) is 6. The summed E-state index contributed by atoms with van der Waals surface area (Å²) in [4.78, 5) is 19.8. The molecule has 0 spiro atoms. The monoisotopic (exact) mass is 513 g/mol. The quantitative estimate of drug-likeness (QED) is 0.317. The van der Waals surface area contributed by atoms with Gasteiger partial charge in [0.15, 0.2) is 0 Å². The minimum atomic E-state index is -2.96. The van der Waals surface area contributed by atoms with Crippen molar-refractivity contribution in [1.82, 2.24) is 4.98 Å². The molecule has 1 aliphatic rings. The molecule has 0 bridgehead atoms. The van der Waals surface area contributed by atoms with E-state index in [-0.39, 0.29) is 11.9 Å². The maximum Gasteiger partial charge on any atom is 0.387 e. The zero-order valence-corrected chi connectivity index (χ0v) is 21.6. The number of rotatable bonds is 10. The van der Waals surface area contributed by atoms with Crippen LogP contribution in [0.2, 0.25) is 0 Å². The highest BCUT2D eigenvalue weighted by Gasteiger charge is 2.20. The van der Waals surface area contributed by atoms with Gasteiger partial charge in [0.1, 0.15) is 11.4 Å². The van der Waals surface area contributed by atoms with Crippen LogP contribution in [0.5, 0.6) is 11.6 Å². The Labute approximate surface area is 216 Å². The molecule has 1 saturated heterocycles. The summed E-state index contributed by atoms with van der Waals surface area (Å²) in [6.07, 6.45) is 4.87. The summed E-state index contributed by atoms with van der Waals surface area (Å²) < 4.78 is 41.0. The number of allylic oxidation sites excluding steroid dienone is 3. The first kappa shape index (κ1) is 27.9. The van der Waals surface area contributed by atoms with Gasteiger partial charge in [-0.25, -0.2) is 4.98 Å². The van der Waals surface area contributed by atoms with Crippen molar-refractivity contribution in [1.29, 1.82) is 0 Å². The van der Waals surface area contributed by atoms with Crippen LogP contribution in [0.25, 0.3) is 5.57 Å². The SMILES string of the molecule is C=CC(=CC(=C(C)C)c1cnc(OC(C)C)c(N2CCOCC2)c1)C(=O)Nc1cccc(OC(F)F)c1. The molecule has 2 heterocycles. The van der Waals surface area contributed by atoms with E-state index >= 15 is 0 Å². The lowest BCUT2D eigenvalue weighted by Crippen LogP contribution is -2.36. The Kier molecular flexibility index (Phi) is 9.79. The molecule has 0 aliphatic carbocycles. The molecule has 37 heavy (non-hydrogen) atoms. The van der Waals surface area contributed by atoms with Crippen LogP contribution >= 0.6 is 0 Å². The Morgan fingerprint density at radius 1 is 1.19 bits per heavy atom. The molecule has 7 nitrogen and oxygen atoms in total. The number of pyridine rings is 1. The Morgan fingerprint density at radius 2 is 1.92 bits per heavy atom. The summed E-state index contributed by atoms with van der Waals surface area (Å²) in [6, 6.07) is 7.84. The van der Waals surface area contributed by atoms with E-state index in [9.17, 15) is 13.6 Å². The lowest BCUT2D eigenvalue weighted by molar-refractivity contribution is -0.112. The predicted octanol–water partition coefficient (Wildman–Crippen LogP) is 5.85. The van der Waals surface area contributed by atoms with Crippen LogP contribution < -0.4 is 19.7 Å². The summed E-state index contributed by atoms with van der Waals surface area (Å²) in [5.74, 6) is 0.0572. The minimum absolute atomic E-state index is 0.0402. The highest BCUT2D eigenvalue weighted by Crippen LogP contribution is 2.33. The van der Waals surface area contributed by atoms with Gasteiger partial charge in [0.05, 0.1) is 19.3 Å². The molecule has 1 N–H and O–H groups in total. The highest BCUT2D eigenvalue weighted by atomic mass is 19.3. The Bertz CT molecular complexity index is 1170. The number of amides is 1. The Hall–Kier alpha value is -3.72. The van der Waals surface area contributed by atoms with Crippen molar-refractivity contribution >= 4 is 22.9 Å². The number of hydrogen-bond donors (Lipinski definition) is 1. The second-order valence-corrected chi connectivity index (χ2v) is 8.89. The van der Waals surface area contributed by atoms with Gasteiger partial charge in [-0.3, -0.25) is 4.79 Å². The van der Waals surface area contributed by atoms with E-state index in [0.29, 0.717) is 43.4 Å². The molecule has 9 heteroatoms. The second-order valence-electron chi connectivity index (χ2n) is 8.89. The predicted molar refractivity (Wildman–Crippen MR) is 141 cm³/mol. The van der Waals surface area contributed by atoms with Crippen LogP contribution in [-0.4, -0.2) is 49.9 Å². The summed E-state index contributed by atoms with van der Waals surface area (Å²) in [7, 11) is 0. The van der Waals surface area contributed by atoms with Gasteiger partial charge >= 0.3 is 6.61 Å². The topological polar surface area (TPSA) is 72.9 Å². The third-order valence-electron chi connectivity index (χ3n) is 5.48. The molecule has 0 radical (unpaired) electrons. The normalized spacial score (nSPS) is 13.9. The number of nitrogens with zero attached hydrogens (tertiary/aromatic N) is 2. The third kappa shape index (κ3) is 7.88. The average Bonchev–Trinajstić information content (AvgIpc) is 2.85. The molecule has 0 atom stereocenters. The van der Waals surface area contributed by atoms with E-state index < -0.39 is 12.5 Å². The molecular weight excluding hydrogens is 480 g/mol. The largest absolute Gasteiger partial charge is 0.473 e. The fourth-order valence-corrected chi connectivity index (χ4v) is 3.78. The number of carbonyl (C=O) groups excluding carboxylic acids is 1. The Morgan fingerprint density at radius 3 is 2.54 bits per heavy atom. The van der Waals surface area contributed by atoms with E-state index in [0.717, 1.165) is 22.4 Å². The zero-order chi connectivity index (χ0) is 26.9. The second kappa shape index (κ2) is 13.0. The maximum absolute atomic E-state index is 13.0. The van der Waals surface area contributed by atoms with Gasteiger partial charge in [0.2, 0.25) is 5.88 Å². The summed E-state index contributed by atoms with van der Waals surface area (Å²) >= 11 is 0. The van der Waals surface area contributed by atoms with Gasteiger partial charge < -0.3 is 24.4 Å². The van der Waals surface area contributed by atoms with E-state index in [1.807, 2.05) is 33.8 Å². The number of aromatic nitrogens is 1. The van der Waals surface area contributed by atoms with E-state index in [2.05, 4.69) is 26.5 Å². The smallest absolute Gasteiger partial charge is 0.387 e. The van der Waals surface area contributed by atoms with E-state index in [1.165, 1.54) is 24.3 Å². The molecule has 1 aromatic heterocycles. The zero-order valence-electron chi connectivity index (χ0n) is 21.6. The molecule has 1 aromatic carbocycles. The van der Waals surface area contributed by atoms with Crippen LogP contribution in [0.3, 0.4) is 0 Å². The minimum Gasteiger partial charge on any atom is -0.473 e. The molecule has 1 aliphatic heterocycles. The number of carbonyl (C=O) groups is 1. The number of benzene rings is 1. The number of morpholine rings is 1. The molecule has 0 saturated carbocycles. The van der Waals surface area contributed by atoms with Crippen molar-refractivity contribution in [2.75, 3.05) is 36.5 Å². The summed E-state index contributed by atoms with van der Waals surface area (Å²) in [5, 5.41) is 2.71. The van der Waals surface area contributed by atoms with Gasteiger partial charge in [-0.05, 0) is 57.5 Å². The van der Waals surface area contributed by atoms with Gasteiger partial charge in [-0.15, -0.1) is 0 Å². The van der Waals surface area contributed by atoms with Crippen molar-refractivity contribution in [2.24, 2.45) is 0 Å². The number of halogens is 2. The highest BCUT2D eigenvalue weighted by molar-refractivity contribution is 6.07. The first-order valence-corrected chi connectivity index (χ1v) is 12.1. The first-order chi connectivity index (χ1) is 17.7. The molecule has 198 valence electrons. The standard InChI is InChI=1S/C28H33F2N3O4/c1-6-20(26(34)32-22-8-7-9-23(16-22)37-28(29)30)14-24(18(2)3)21-15-25(33-10-12-35-13-11-33)27(31-17-21)36-19(4)5/h6-9,14-17,19,28H,1,10-13H2,2-5H3,(H,32,34). The van der Waals surface area contributed by atoms with Crippen molar-refractivity contribution in [3.05, 3.63) is 72.0 Å². The maximum atomic E-state index is 13.0. The summed E-state index contributed by atoms with van der Waals surface area (Å²) in [6.45, 7) is 11.3. The van der Waals surface area contributed by atoms with E-state index in [4.69, 9.17) is 9.47 Å². The van der Waals surface area contributed by atoms with Crippen LogP contribution in [-0.2, 0) is 9.53 Å². The van der Waals surface area contributed by atoms with Crippen molar-refractivity contribution in [3.63, 3.8) is 0 Å². The third-order valence-corrected chi connectivity index (χ3v) is 5.48. The number of nitrogens with one attached hydrogen (secondary N) is 1. The van der Waals surface area contributed by atoms with Gasteiger partial charge in [-0.1, -0.05) is 24.3 Å². The van der Waals surface area contributed by atoms with Gasteiger partial charge in [0, 0.05) is 42.2 Å². The number of alkyl halides is 2. The fraction of sp³-hybridized carbons (Fsp3) is 0.357. The van der Waals surface area contributed by atoms with E-state index in [1.54, 1.807) is 18.3 Å². The molecular formula is C28H33F2N3O4. The average molecular weight is 514 g/mol. The van der Waals surface area contributed by atoms with Crippen LogP contribution in [0.15, 0.2) is 66.4 Å². The van der Waals surface area contributed by atoms with Gasteiger partial charge in [-0.2, -0.15) is 8.78 Å². The molecule has 1 amide bonds. The van der Waals surface area contributed by atoms with Gasteiger partial charge in [0.25, 0.3) is 5.91 Å². The fourth-order valence-electron chi connectivity index (χ4n) is 3.78. The van der Waals surface area contributed by atoms with Crippen molar-refractivity contribution in [3.8, 4) is 11.6 Å². The van der Waals surface area contributed by atoms with Crippen molar-refractivity contribution in [2.45, 2.75) is 40.4 Å². The number of anilines is 2. The van der Waals surface area contributed by atoms with Crippen LogP contribution in [0.4, 0.5) is 20.2 Å². The van der Waals surface area contributed by atoms with Crippen LogP contribution in [0, 0.1) is 0 Å². The van der Waals surface area contributed by atoms with Crippen molar-refractivity contribution < 1.29 is 27.8 Å². The summed E-state index contributed by atoms with van der Waals surface area (Å²) in [5.41, 5.74) is 4.07. The molecule has 3 rings (SSSR count). The lowest BCUT2D eigenvalue weighted by atomic mass is 9.99. The molecule has 2 aromatic rings. The first-order valence-electron chi connectivity index (χ1n) is 12.1. The lowest BCUT2D eigenvalue weighted by Gasteiger charge is -2.30. The molecule has 0 unspecified atom stereocenters. The number of ether oxygens (including phenoxy) is 3. The Balaban J connectivity index is 1.92. The van der Waals surface area contributed by atoms with Crippen LogP contribution in [0.1, 0.15) is 33.3 Å².